The van der Waals surface area contributed by atoms with Crippen LogP contribution in [0.15, 0.2) is 35.1 Å². The highest BCUT2D eigenvalue weighted by Crippen LogP contribution is 2.41. The van der Waals surface area contributed by atoms with Gasteiger partial charge in [0.1, 0.15) is 22.3 Å². The number of halogens is 3. The fourth-order valence-corrected chi connectivity index (χ4v) is 4.66. The van der Waals surface area contributed by atoms with Gasteiger partial charge in [0.15, 0.2) is 0 Å². The second-order valence-electron chi connectivity index (χ2n) is 5.51. The van der Waals surface area contributed by atoms with Crippen LogP contribution in [-0.4, -0.2) is 28.3 Å². The molecule has 2 aromatic heterocycles. The first-order chi connectivity index (χ1) is 11.7. The van der Waals surface area contributed by atoms with Crippen molar-refractivity contribution in [1.29, 1.82) is 0 Å². The molecule has 0 saturated heterocycles. The summed E-state index contributed by atoms with van der Waals surface area (Å²) in [5.74, 6) is 0.500. The summed E-state index contributed by atoms with van der Waals surface area (Å²) in [5, 5.41) is 4.77. The Kier molecular flexibility index (Phi) is 5.51. The molecular formula is C15H12BrCl2N4OPS. The van der Waals surface area contributed by atoms with Crippen molar-refractivity contribution in [3.05, 3.63) is 44.7 Å². The maximum atomic E-state index is 12.8. The second kappa shape index (κ2) is 7.33. The fourth-order valence-electron chi connectivity index (χ4n) is 2.16. The van der Waals surface area contributed by atoms with E-state index in [-0.39, 0.29) is 5.28 Å². The van der Waals surface area contributed by atoms with Crippen LogP contribution in [-0.2, 0) is 4.57 Å². The Morgan fingerprint density at radius 2 is 1.96 bits per heavy atom. The van der Waals surface area contributed by atoms with Gasteiger partial charge in [-0.1, -0.05) is 11.6 Å². The molecule has 3 rings (SSSR count). The number of thiazole rings is 1. The van der Waals surface area contributed by atoms with E-state index in [0.29, 0.717) is 25.6 Å². The van der Waals surface area contributed by atoms with Crippen LogP contribution >= 0.6 is 57.6 Å². The summed E-state index contributed by atoms with van der Waals surface area (Å²) in [6.45, 7) is 3.43. The molecule has 0 aliphatic heterocycles. The molecule has 0 unspecified atom stereocenters. The largest absolute Gasteiger partial charge is 0.339 e. The molecule has 0 aliphatic carbocycles. The maximum Gasteiger partial charge on any atom is 0.224 e. The van der Waals surface area contributed by atoms with Crippen LogP contribution < -0.4 is 10.6 Å². The summed E-state index contributed by atoms with van der Waals surface area (Å²) in [6, 6.07) is 5.62. The Hall–Kier alpha value is -0.980. The van der Waals surface area contributed by atoms with Crippen LogP contribution in [0.2, 0.25) is 9.62 Å². The number of rotatable bonds is 4. The molecule has 130 valence electrons. The molecular weight excluding hydrogens is 466 g/mol. The number of benzene rings is 1. The molecule has 25 heavy (non-hydrogen) atoms. The van der Waals surface area contributed by atoms with E-state index < -0.39 is 7.14 Å². The lowest BCUT2D eigenvalue weighted by Crippen LogP contribution is -2.11. The monoisotopic (exact) mass is 476 g/mol. The molecule has 0 spiro atoms. The summed E-state index contributed by atoms with van der Waals surface area (Å²) in [4.78, 5) is 12.3. The first-order valence-electron chi connectivity index (χ1n) is 7.00. The zero-order valence-electron chi connectivity index (χ0n) is 13.1. The van der Waals surface area contributed by atoms with Gasteiger partial charge in [0.2, 0.25) is 5.28 Å². The van der Waals surface area contributed by atoms with Crippen molar-refractivity contribution >= 4 is 74.4 Å². The smallest absolute Gasteiger partial charge is 0.224 e. The number of hydrogen-bond acceptors (Lipinski definition) is 6. The van der Waals surface area contributed by atoms with E-state index in [0.717, 1.165) is 10.6 Å². The minimum absolute atomic E-state index is 0.123. The Labute approximate surface area is 167 Å². The summed E-state index contributed by atoms with van der Waals surface area (Å²) in [5.41, 5.74) is 1.55. The van der Waals surface area contributed by atoms with E-state index in [4.69, 9.17) is 23.2 Å². The highest BCUT2D eigenvalue weighted by molar-refractivity contribution is 9.10. The Balaban J connectivity index is 2.07. The normalized spacial score (nSPS) is 11.6. The molecule has 0 aliphatic rings. The van der Waals surface area contributed by atoms with Gasteiger partial charge < -0.3 is 9.88 Å². The van der Waals surface area contributed by atoms with Gasteiger partial charge in [0.25, 0.3) is 0 Å². The zero-order valence-corrected chi connectivity index (χ0v) is 17.9. The summed E-state index contributed by atoms with van der Waals surface area (Å²) in [7, 11) is -2.57. The molecule has 1 aromatic carbocycles. The predicted octanol–water partition coefficient (Wildman–Crippen LogP) is 5.66. The highest BCUT2D eigenvalue weighted by Gasteiger charge is 2.19. The molecule has 3 aromatic rings. The van der Waals surface area contributed by atoms with Crippen LogP contribution in [0, 0.1) is 0 Å². The van der Waals surface area contributed by atoms with Gasteiger partial charge >= 0.3 is 0 Å². The van der Waals surface area contributed by atoms with Crippen molar-refractivity contribution in [3.63, 3.8) is 0 Å². The zero-order chi connectivity index (χ0) is 18.2. The molecule has 0 bridgehead atoms. The van der Waals surface area contributed by atoms with Gasteiger partial charge in [0, 0.05) is 17.1 Å². The van der Waals surface area contributed by atoms with Crippen molar-refractivity contribution < 1.29 is 4.57 Å². The molecule has 0 radical (unpaired) electrons. The molecule has 10 heteroatoms. The molecule has 2 heterocycles. The van der Waals surface area contributed by atoms with Crippen molar-refractivity contribution in [1.82, 2.24) is 15.0 Å². The first kappa shape index (κ1) is 18.8. The van der Waals surface area contributed by atoms with Crippen molar-refractivity contribution in [2.45, 2.75) is 0 Å². The third-order valence-electron chi connectivity index (χ3n) is 3.27. The van der Waals surface area contributed by atoms with Gasteiger partial charge in [-0.05, 0) is 59.1 Å². The van der Waals surface area contributed by atoms with Crippen LogP contribution in [0.3, 0.4) is 0 Å². The summed E-state index contributed by atoms with van der Waals surface area (Å²) in [6.07, 6.45) is 3.16. The van der Waals surface area contributed by atoms with Gasteiger partial charge in [-0.25, -0.2) is 9.97 Å². The van der Waals surface area contributed by atoms with Crippen molar-refractivity contribution in [2.75, 3.05) is 18.6 Å². The van der Waals surface area contributed by atoms with E-state index in [2.05, 4.69) is 36.2 Å². The molecule has 1 N–H and O–H groups in total. The number of anilines is 2. The minimum Gasteiger partial charge on any atom is -0.339 e. The number of nitrogens with zero attached hydrogens (tertiary/aromatic N) is 3. The van der Waals surface area contributed by atoms with Gasteiger partial charge in [-0.2, -0.15) is 4.98 Å². The summed E-state index contributed by atoms with van der Waals surface area (Å²) < 4.78 is 14.1. The van der Waals surface area contributed by atoms with Crippen LogP contribution in [0.5, 0.6) is 0 Å². The van der Waals surface area contributed by atoms with Crippen molar-refractivity contribution in [3.8, 4) is 10.6 Å². The molecule has 0 amide bonds. The number of hydrogen-bond donors (Lipinski definition) is 1. The average molecular weight is 478 g/mol. The van der Waals surface area contributed by atoms with Crippen LogP contribution in [0.25, 0.3) is 10.6 Å². The fraction of sp³-hybridized carbons (Fsp3) is 0.133. The number of nitrogens with one attached hydrogen (secondary N) is 1. The third kappa shape index (κ3) is 4.41. The molecule has 0 atom stereocenters. The van der Waals surface area contributed by atoms with Crippen LogP contribution in [0.1, 0.15) is 0 Å². The SMILES string of the molecule is CP(C)(=O)c1cc(-c2ncc(Cl)s2)ccc1Nc1nc(Cl)ncc1Br. The van der Waals surface area contributed by atoms with Gasteiger partial charge in [-0.3, -0.25) is 0 Å². The maximum absolute atomic E-state index is 12.8. The lowest BCUT2D eigenvalue weighted by Gasteiger charge is -2.16. The quantitative estimate of drug-likeness (QED) is 0.387. The highest BCUT2D eigenvalue weighted by atomic mass is 79.9. The van der Waals surface area contributed by atoms with E-state index >= 15 is 0 Å². The molecule has 0 saturated carbocycles. The van der Waals surface area contributed by atoms with E-state index in [1.165, 1.54) is 11.3 Å². The van der Waals surface area contributed by atoms with Crippen molar-refractivity contribution in [2.24, 2.45) is 0 Å². The lowest BCUT2D eigenvalue weighted by molar-refractivity contribution is 0.588. The average Bonchev–Trinajstić information content (AvgIpc) is 2.97. The predicted molar refractivity (Wildman–Crippen MR) is 110 cm³/mol. The summed E-state index contributed by atoms with van der Waals surface area (Å²) >= 11 is 16.6. The third-order valence-corrected chi connectivity index (χ3v) is 6.73. The van der Waals surface area contributed by atoms with E-state index in [1.54, 1.807) is 25.7 Å². The minimum atomic E-state index is -2.57. The van der Waals surface area contributed by atoms with E-state index in [1.807, 2.05) is 18.2 Å². The molecule has 0 fully saturated rings. The van der Waals surface area contributed by atoms with E-state index in [9.17, 15) is 4.57 Å². The standard InChI is InChI=1S/C15H12BrCl2N4OPS/c1-24(2,23)11-5-8(14-19-7-12(17)25-14)3-4-10(11)21-13-9(16)6-20-15(18)22-13/h3-7H,1-2H3,(H,20,21,22). The Morgan fingerprint density at radius 1 is 1.20 bits per heavy atom. The lowest BCUT2D eigenvalue weighted by atomic mass is 10.2. The molecule has 5 nitrogen and oxygen atoms in total. The van der Waals surface area contributed by atoms with Gasteiger partial charge in [-0.15, -0.1) is 11.3 Å². The Bertz CT molecular complexity index is 991. The second-order valence-corrected chi connectivity index (χ2v) is 11.6. The topological polar surface area (TPSA) is 67.8 Å². The first-order valence-corrected chi connectivity index (χ1v) is 12.0. The Morgan fingerprint density at radius 3 is 2.60 bits per heavy atom. The van der Waals surface area contributed by atoms with Gasteiger partial charge in [0.05, 0.1) is 16.4 Å². The van der Waals surface area contributed by atoms with Crippen LogP contribution in [0.4, 0.5) is 11.5 Å². The number of aromatic nitrogens is 3.